The molecule has 0 aliphatic carbocycles. The molecule has 0 unspecified atom stereocenters. The Balaban J connectivity index is 1.88. The second-order valence-corrected chi connectivity index (χ2v) is 7.99. The number of halogens is 3. The summed E-state index contributed by atoms with van der Waals surface area (Å²) in [5, 5.41) is 13.4. The van der Waals surface area contributed by atoms with Crippen molar-refractivity contribution in [3.05, 3.63) is 98.0 Å². The number of nitrogens with one attached hydrogen (secondary N) is 1. The fourth-order valence-electron chi connectivity index (χ4n) is 2.76. The topological polar surface area (TPSA) is 62.1 Å². The SMILES string of the molecule is Cc1ccc(NC(=O)/C(C#N)=C/c2cc(Cl)cc(Cl)c2OCc2cccc(Cl)c2)cc1. The van der Waals surface area contributed by atoms with E-state index in [2.05, 4.69) is 5.32 Å². The molecule has 0 saturated carbocycles. The number of anilines is 1. The first-order valence-corrected chi connectivity index (χ1v) is 10.3. The van der Waals surface area contributed by atoms with Gasteiger partial charge in [-0.3, -0.25) is 4.79 Å². The predicted octanol–water partition coefficient (Wildman–Crippen LogP) is 7.08. The first kappa shape index (κ1) is 22.7. The Hall–Kier alpha value is -2.97. The summed E-state index contributed by atoms with van der Waals surface area (Å²) in [6.07, 6.45) is 1.40. The van der Waals surface area contributed by atoms with Gasteiger partial charge in [-0.15, -0.1) is 0 Å². The van der Waals surface area contributed by atoms with Gasteiger partial charge in [0.05, 0.1) is 5.02 Å². The van der Waals surface area contributed by atoms with Crippen molar-refractivity contribution >= 4 is 52.5 Å². The van der Waals surface area contributed by atoms with Gasteiger partial charge in [0.2, 0.25) is 0 Å². The van der Waals surface area contributed by atoms with Gasteiger partial charge in [-0.05, 0) is 55.0 Å². The summed E-state index contributed by atoms with van der Waals surface area (Å²) in [6.45, 7) is 2.14. The summed E-state index contributed by atoms with van der Waals surface area (Å²) < 4.78 is 5.89. The average molecular weight is 472 g/mol. The number of carbonyl (C=O) groups excluding carboxylic acids is 1. The molecule has 3 aromatic carbocycles. The van der Waals surface area contributed by atoms with Crippen LogP contribution in [0.15, 0.2) is 66.2 Å². The van der Waals surface area contributed by atoms with Gasteiger partial charge in [0, 0.05) is 21.3 Å². The molecule has 3 rings (SSSR count). The largest absolute Gasteiger partial charge is 0.487 e. The molecule has 156 valence electrons. The van der Waals surface area contributed by atoms with E-state index in [0.717, 1.165) is 11.1 Å². The lowest BCUT2D eigenvalue weighted by molar-refractivity contribution is -0.112. The van der Waals surface area contributed by atoms with Crippen LogP contribution in [0.4, 0.5) is 5.69 Å². The van der Waals surface area contributed by atoms with Crippen LogP contribution in [-0.2, 0) is 11.4 Å². The highest BCUT2D eigenvalue weighted by atomic mass is 35.5. The second-order valence-electron chi connectivity index (χ2n) is 6.71. The second kappa shape index (κ2) is 10.4. The van der Waals surface area contributed by atoms with E-state index in [9.17, 15) is 10.1 Å². The van der Waals surface area contributed by atoms with Crippen molar-refractivity contribution in [1.29, 1.82) is 5.26 Å². The molecule has 7 heteroatoms. The van der Waals surface area contributed by atoms with Crippen LogP contribution in [0.25, 0.3) is 6.08 Å². The minimum Gasteiger partial charge on any atom is -0.487 e. The van der Waals surface area contributed by atoms with Crippen LogP contribution in [0.2, 0.25) is 15.1 Å². The Morgan fingerprint density at radius 1 is 1.06 bits per heavy atom. The van der Waals surface area contributed by atoms with E-state index in [1.54, 1.807) is 30.3 Å². The zero-order valence-corrected chi connectivity index (χ0v) is 18.7. The zero-order valence-electron chi connectivity index (χ0n) is 16.5. The molecule has 0 atom stereocenters. The number of nitriles is 1. The van der Waals surface area contributed by atoms with Gasteiger partial charge in [-0.25, -0.2) is 0 Å². The number of hydrogen-bond acceptors (Lipinski definition) is 3. The van der Waals surface area contributed by atoms with Crippen molar-refractivity contribution in [2.75, 3.05) is 5.32 Å². The lowest BCUT2D eigenvalue weighted by Crippen LogP contribution is -2.13. The van der Waals surface area contributed by atoms with Gasteiger partial charge < -0.3 is 10.1 Å². The first-order valence-electron chi connectivity index (χ1n) is 9.22. The molecule has 31 heavy (non-hydrogen) atoms. The fourth-order valence-corrected chi connectivity index (χ4v) is 3.54. The third-order valence-electron chi connectivity index (χ3n) is 4.28. The molecule has 0 saturated heterocycles. The van der Waals surface area contributed by atoms with E-state index in [-0.39, 0.29) is 17.2 Å². The van der Waals surface area contributed by atoms with E-state index in [1.165, 1.54) is 12.1 Å². The highest BCUT2D eigenvalue weighted by Gasteiger charge is 2.15. The maximum Gasteiger partial charge on any atom is 0.266 e. The summed E-state index contributed by atoms with van der Waals surface area (Å²) in [7, 11) is 0. The minimum atomic E-state index is -0.553. The quantitative estimate of drug-likeness (QED) is 0.308. The number of rotatable bonds is 6. The molecular formula is C24H17Cl3N2O2. The smallest absolute Gasteiger partial charge is 0.266 e. The third kappa shape index (κ3) is 6.26. The Bertz CT molecular complexity index is 1180. The third-order valence-corrected chi connectivity index (χ3v) is 5.02. The van der Waals surface area contributed by atoms with Gasteiger partial charge in [-0.2, -0.15) is 5.26 Å². The van der Waals surface area contributed by atoms with Gasteiger partial charge in [0.1, 0.15) is 24.0 Å². The lowest BCUT2D eigenvalue weighted by Gasteiger charge is -2.13. The summed E-state index contributed by atoms with van der Waals surface area (Å²) in [4.78, 5) is 12.6. The summed E-state index contributed by atoms with van der Waals surface area (Å²) in [5.41, 5.74) is 2.77. The molecule has 0 aromatic heterocycles. The van der Waals surface area contributed by atoms with Crippen molar-refractivity contribution in [1.82, 2.24) is 0 Å². The lowest BCUT2D eigenvalue weighted by atomic mass is 10.1. The van der Waals surface area contributed by atoms with Crippen molar-refractivity contribution < 1.29 is 9.53 Å². The molecule has 0 heterocycles. The summed E-state index contributed by atoms with van der Waals surface area (Å²) in [6, 6.07) is 19.5. The molecule has 3 aromatic rings. The maximum atomic E-state index is 12.6. The normalized spacial score (nSPS) is 11.0. The molecule has 0 spiro atoms. The van der Waals surface area contributed by atoms with E-state index < -0.39 is 5.91 Å². The molecule has 1 N–H and O–H groups in total. The zero-order chi connectivity index (χ0) is 22.4. The van der Waals surface area contributed by atoms with E-state index >= 15 is 0 Å². The Kier molecular flexibility index (Phi) is 7.59. The summed E-state index contributed by atoms with van der Waals surface area (Å²) in [5.74, 6) is -0.245. The van der Waals surface area contributed by atoms with E-state index in [1.807, 2.05) is 37.3 Å². The minimum absolute atomic E-state index is 0.119. The first-order chi connectivity index (χ1) is 14.9. The van der Waals surface area contributed by atoms with Crippen LogP contribution in [0, 0.1) is 18.3 Å². The number of nitrogens with zero attached hydrogens (tertiary/aromatic N) is 1. The number of aryl methyl sites for hydroxylation is 1. The van der Waals surface area contributed by atoms with Gasteiger partial charge in [0.25, 0.3) is 5.91 Å². The number of carbonyl (C=O) groups is 1. The van der Waals surface area contributed by atoms with Gasteiger partial charge >= 0.3 is 0 Å². The molecule has 0 aliphatic rings. The molecule has 0 radical (unpaired) electrons. The van der Waals surface area contributed by atoms with Crippen molar-refractivity contribution in [2.45, 2.75) is 13.5 Å². The monoisotopic (exact) mass is 470 g/mol. The highest BCUT2D eigenvalue weighted by Crippen LogP contribution is 2.34. The van der Waals surface area contributed by atoms with E-state index in [0.29, 0.717) is 27.0 Å². The van der Waals surface area contributed by atoms with Gasteiger partial charge in [0.15, 0.2) is 0 Å². The molecular weight excluding hydrogens is 455 g/mol. The molecule has 1 amide bonds. The standard InChI is InChI=1S/C24H17Cl3N2O2/c1-15-5-7-21(8-6-15)29-24(30)18(13-28)10-17-11-20(26)12-22(27)23(17)31-14-16-3-2-4-19(25)9-16/h2-12H,14H2,1H3,(H,29,30)/b18-10+. The Morgan fingerprint density at radius 2 is 1.81 bits per heavy atom. The fraction of sp³-hybridized carbons (Fsp3) is 0.0833. The maximum absolute atomic E-state index is 12.6. The molecule has 4 nitrogen and oxygen atoms in total. The summed E-state index contributed by atoms with van der Waals surface area (Å²) >= 11 is 18.5. The van der Waals surface area contributed by atoms with Crippen LogP contribution in [-0.4, -0.2) is 5.91 Å². The van der Waals surface area contributed by atoms with Crippen molar-refractivity contribution in [2.24, 2.45) is 0 Å². The molecule has 0 fully saturated rings. The average Bonchev–Trinajstić information content (AvgIpc) is 2.72. The van der Waals surface area contributed by atoms with Crippen LogP contribution in [0.5, 0.6) is 5.75 Å². The molecule has 0 aliphatic heterocycles. The molecule has 0 bridgehead atoms. The highest BCUT2D eigenvalue weighted by molar-refractivity contribution is 6.36. The predicted molar refractivity (Wildman–Crippen MR) is 126 cm³/mol. The van der Waals surface area contributed by atoms with Crippen molar-refractivity contribution in [3.8, 4) is 11.8 Å². The van der Waals surface area contributed by atoms with E-state index in [4.69, 9.17) is 39.5 Å². The Morgan fingerprint density at radius 3 is 2.48 bits per heavy atom. The van der Waals surface area contributed by atoms with Crippen LogP contribution < -0.4 is 10.1 Å². The number of hydrogen-bond donors (Lipinski definition) is 1. The van der Waals surface area contributed by atoms with Crippen molar-refractivity contribution in [3.63, 3.8) is 0 Å². The van der Waals surface area contributed by atoms with Crippen LogP contribution >= 0.6 is 34.8 Å². The number of amides is 1. The Labute approximate surface area is 195 Å². The number of ether oxygens (including phenoxy) is 1. The number of benzene rings is 3. The van der Waals surface area contributed by atoms with Crippen LogP contribution in [0.1, 0.15) is 16.7 Å². The van der Waals surface area contributed by atoms with Crippen LogP contribution in [0.3, 0.4) is 0 Å². The van der Waals surface area contributed by atoms with Gasteiger partial charge in [-0.1, -0.05) is 64.6 Å².